The molecule has 8 heteroatoms. The molecule has 1 aromatic rings. The lowest BCUT2D eigenvalue weighted by atomic mass is 10.1. The molecule has 1 unspecified atom stereocenters. The monoisotopic (exact) mass is 390 g/mol. The van der Waals surface area contributed by atoms with E-state index >= 15 is 0 Å². The molecule has 0 aliphatic carbocycles. The lowest BCUT2D eigenvalue weighted by Gasteiger charge is -2.28. The number of anilines is 1. The van der Waals surface area contributed by atoms with E-state index < -0.39 is 9.96 Å². The first-order valence-electron chi connectivity index (χ1n) is 6.18. The number of alkyl halides is 3. The molecule has 2 N–H and O–H groups in total. The van der Waals surface area contributed by atoms with Crippen LogP contribution in [-0.2, 0) is 4.79 Å². The van der Waals surface area contributed by atoms with Gasteiger partial charge in [-0.05, 0) is 18.1 Å². The lowest BCUT2D eigenvalue weighted by molar-refractivity contribution is -0.122. The first kappa shape index (κ1) is 19.0. The van der Waals surface area contributed by atoms with Gasteiger partial charge in [-0.2, -0.15) is 0 Å². The summed E-state index contributed by atoms with van der Waals surface area (Å²) in [6, 6.07) is 5.00. The molecule has 1 rings (SSSR count). The minimum atomic E-state index is -1.75. The number of hydrogen-bond donors (Lipinski definition) is 2. The number of rotatable bonds is 5. The summed E-state index contributed by atoms with van der Waals surface area (Å²) in [4.78, 5) is 11.9. The van der Waals surface area contributed by atoms with Gasteiger partial charge in [0.05, 0.1) is 15.7 Å². The number of amides is 1. The third-order valence-electron chi connectivity index (χ3n) is 2.48. The van der Waals surface area contributed by atoms with Gasteiger partial charge in [-0.25, -0.2) is 0 Å². The number of hydrogen-bond acceptors (Lipinski definition) is 2. The van der Waals surface area contributed by atoms with Gasteiger partial charge in [0.2, 0.25) is 9.70 Å². The topological polar surface area (TPSA) is 41.1 Å². The maximum atomic E-state index is 11.9. The second-order valence-corrected chi connectivity index (χ2v) is 8.04. The highest BCUT2D eigenvalue weighted by molar-refractivity contribution is 6.68. The van der Waals surface area contributed by atoms with Crippen LogP contribution in [0.1, 0.15) is 20.3 Å². The van der Waals surface area contributed by atoms with E-state index in [1.54, 1.807) is 18.2 Å². The van der Waals surface area contributed by atoms with Crippen LogP contribution in [0.3, 0.4) is 0 Å². The van der Waals surface area contributed by atoms with E-state index in [-0.39, 0.29) is 16.8 Å². The Balaban J connectivity index is 2.89. The molecule has 0 aliphatic heterocycles. The summed E-state index contributed by atoms with van der Waals surface area (Å²) >= 11 is 29.7. The zero-order chi connectivity index (χ0) is 16.2. The van der Waals surface area contributed by atoms with Gasteiger partial charge in [-0.1, -0.05) is 77.9 Å². The zero-order valence-electron chi connectivity index (χ0n) is 11.4. The Morgan fingerprint density at radius 1 is 1.24 bits per heavy atom. The number of carbonyl (C=O) groups is 1. The summed E-state index contributed by atoms with van der Waals surface area (Å²) in [5.74, 6) is -0.0391. The molecule has 0 radical (unpaired) electrons. The van der Waals surface area contributed by atoms with E-state index in [1.165, 1.54) is 0 Å². The van der Waals surface area contributed by atoms with Crippen LogP contribution >= 0.6 is 58.0 Å². The van der Waals surface area contributed by atoms with Crippen molar-refractivity contribution in [3.63, 3.8) is 0 Å². The first-order chi connectivity index (χ1) is 9.61. The van der Waals surface area contributed by atoms with Crippen LogP contribution in [0, 0.1) is 5.92 Å². The standard InChI is InChI=1S/C13H15Cl5N2O/c1-7(2)6-10(21)20-12(13(16,17)18)19-9-5-3-4-8(14)11(9)15/h3-5,7,12,19H,6H2,1-2H3,(H,20,21). The summed E-state index contributed by atoms with van der Waals surface area (Å²) in [5.41, 5.74) is 0.463. The van der Waals surface area contributed by atoms with Crippen LogP contribution in [0.25, 0.3) is 0 Å². The predicted molar refractivity (Wildman–Crippen MR) is 91.8 cm³/mol. The molecule has 118 valence electrons. The summed E-state index contributed by atoms with van der Waals surface area (Å²) < 4.78 is -1.75. The molecule has 0 saturated carbocycles. The molecule has 0 saturated heterocycles. The van der Waals surface area contributed by atoms with Crippen molar-refractivity contribution >= 4 is 69.6 Å². The highest BCUT2D eigenvalue weighted by atomic mass is 35.6. The van der Waals surface area contributed by atoms with Crippen molar-refractivity contribution in [2.45, 2.75) is 30.2 Å². The van der Waals surface area contributed by atoms with Crippen LogP contribution in [0.4, 0.5) is 5.69 Å². The van der Waals surface area contributed by atoms with Gasteiger partial charge >= 0.3 is 0 Å². The van der Waals surface area contributed by atoms with E-state index in [0.29, 0.717) is 17.1 Å². The van der Waals surface area contributed by atoms with E-state index in [0.717, 1.165) is 0 Å². The fourth-order valence-electron chi connectivity index (χ4n) is 1.56. The molecule has 0 bridgehead atoms. The molecule has 21 heavy (non-hydrogen) atoms. The van der Waals surface area contributed by atoms with Crippen molar-refractivity contribution in [1.82, 2.24) is 5.32 Å². The molecule has 1 amide bonds. The molecule has 0 aliphatic rings. The first-order valence-corrected chi connectivity index (χ1v) is 8.07. The Labute approximate surface area is 149 Å². The van der Waals surface area contributed by atoms with Gasteiger partial charge < -0.3 is 10.6 Å². The van der Waals surface area contributed by atoms with E-state index in [4.69, 9.17) is 58.0 Å². The third-order valence-corrected chi connectivity index (χ3v) is 3.95. The maximum absolute atomic E-state index is 11.9. The Kier molecular flexibility index (Phi) is 7.21. The highest BCUT2D eigenvalue weighted by Crippen LogP contribution is 2.35. The van der Waals surface area contributed by atoms with Crippen LogP contribution in [0.15, 0.2) is 18.2 Å². The Morgan fingerprint density at radius 2 is 1.86 bits per heavy atom. The van der Waals surface area contributed by atoms with Gasteiger partial charge in [-0.3, -0.25) is 4.79 Å². The molecule has 1 atom stereocenters. The normalized spacial score (nSPS) is 13.1. The fourth-order valence-corrected chi connectivity index (χ4v) is 2.24. The smallest absolute Gasteiger partial charge is 0.228 e. The molecular formula is C13H15Cl5N2O. The quantitative estimate of drug-likeness (QED) is 0.530. The molecule has 0 spiro atoms. The number of benzene rings is 1. The third kappa shape index (κ3) is 6.29. The molecule has 3 nitrogen and oxygen atoms in total. The Bertz CT molecular complexity index is 502. The number of carbonyl (C=O) groups excluding carboxylic acids is 1. The van der Waals surface area contributed by atoms with Gasteiger partial charge in [0, 0.05) is 6.42 Å². The van der Waals surface area contributed by atoms with Crippen molar-refractivity contribution in [3.05, 3.63) is 28.2 Å². The zero-order valence-corrected chi connectivity index (χ0v) is 15.2. The minimum absolute atomic E-state index is 0.191. The highest BCUT2D eigenvalue weighted by Gasteiger charge is 2.34. The van der Waals surface area contributed by atoms with Crippen LogP contribution in [0.5, 0.6) is 0 Å². The predicted octanol–water partition coefficient (Wildman–Crippen LogP) is 5.26. The largest absolute Gasteiger partial charge is 0.361 e. The molecule has 0 heterocycles. The SMILES string of the molecule is CC(C)CC(=O)NC(Nc1cccc(Cl)c1Cl)C(Cl)(Cl)Cl. The molecular weight excluding hydrogens is 377 g/mol. The maximum Gasteiger partial charge on any atom is 0.228 e. The van der Waals surface area contributed by atoms with Gasteiger partial charge in [-0.15, -0.1) is 0 Å². The number of nitrogens with one attached hydrogen (secondary N) is 2. The summed E-state index contributed by atoms with van der Waals surface area (Å²) in [5, 5.41) is 6.17. The average molecular weight is 393 g/mol. The van der Waals surface area contributed by atoms with Crippen molar-refractivity contribution < 1.29 is 4.79 Å². The lowest BCUT2D eigenvalue weighted by Crippen LogP contribution is -2.49. The van der Waals surface area contributed by atoms with Crippen LogP contribution in [0.2, 0.25) is 10.0 Å². The molecule has 0 fully saturated rings. The summed E-state index contributed by atoms with van der Waals surface area (Å²) in [6.45, 7) is 3.84. The van der Waals surface area contributed by atoms with Gasteiger partial charge in [0.1, 0.15) is 6.17 Å². The van der Waals surface area contributed by atoms with Crippen LogP contribution in [-0.4, -0.2) is 15.9 Å². The molecule has 1 aromatic carbocycles. The second-order valence-electron chi connectivity index (χ2n) is 4.89. The summed E-state index contributed by atoms with van der Waals surface area (Å²) in [7, 11) is 0. The van der Waals surface area contributed by atoms with E-state index in [2.05, 4.69) is 10.6 Å². The Hall–Kier alpha value is -0.0600. The van der Waals surface area contributed by atoms with Crippen molar-refractivity contribution in [1.29, 1.82) is 0 Å². The van der Waals surface area contributed by atoms with Gasteiger partial charge in [0.25, 0.3) is 0 Å². The van der Waals surface area contributed by atoms with Crippen molar-refractivity contribution in [2.75, 3.05) is 5.32 Å². The summed E-state index contributed by atoms with van der Waals surface area (Å²) in [6.07, 6.45) is -0.618. The van der Waals surface area contributed by atoms with Gasteiger partial charge in [0.15, 0.2) is 0 Å². The van der Waals surface area contributed by atoms with Crippen molar-refractivity contribution in [3.8, 4) is 0 Å². The van der Waals surface area contributed by atoms with Crippen LogP contribution < -0.4 is 10.6 Å². The van der Waals surface area contributed by atoms with Crippen molar-refractivity contribution in [2.24, 2.45) is 5.92 Å². The Morgan fingerprint density at radius 3 is 2.38 bits per heavy atom. The van der Waals surface area contributed by atoms with E-state index in [1.807, 2.05) is 13.8 Å². The van der Waals surface area contributed by atoms with E-state index in [9.17, 15) is 4.79 Å². The average Bonchev–Trinajstić information content (AvgIpc) is 2.31. The molecule has 0 aromatic heterocycles. The second kappa shape index (κ2) is 7.98. The fraction of sp³-hybridized carbons (Fsp3) is 0.462. The minimum Gasteiger partial charge on any atom is -0.361 e. The number of halogens is 5.